The van der Waals surface area contributed by atoms with Gasteiger partial charge in [-0.3, -0.25) is 15.0 Å². The first kappa shape index (κ1) is 17.5. The Morgan fingerprint density at radius 3 is 2.85 bits per heavy atom. The maximum atomic E-state index is 12.1. The van der Waals surface area contributed by atoms with Crippen LogP contribution in [0.2, 0.25) is 0 Å². The molecule has 0 saturated heterocycles. The smallest absolute Gasteiger partial charge is 0.320 e. The van der Waals surface area contributed by atoms with Gasteiger partial charge < -0.3 is 10.4 Å². The second-order valence-corrected chi connectivity index (χ2v) is 6.13. The molecule has 26 heavy (non-hydrogen) atoms. The van der Waals surface area contributed by atoms with Gasteiger partial charge in [0.2, 0.25) is 0 Å². The van der Waals surface area contributed by atoms with Crippen LogP contribution in [0.5, 0.6) is 5.75 Å². The number of hydrogen-bond donors (Lipinski definition) is 3. The molecule has 0 aliphatic heterocycles. The van der Waals surface area contributed by atoms with Crippen LogP contribution in [-0.2, 0) is 13.0 Å². The number of anilines is 1. The number of aromatic nitrogens is 3. The monoisotopic (exact) mass is 351 g/mol. The molecule has 0 bridgehead atoms. The zero-order valence-electron chi connectivity index (χ0n) is 14.5. The number of carbonyl (C=O) groups is 1. The Balaban J connectivity index is 1.50. The first-order chi connectivity index (χ1) is 12.6. The standard InChI is InChI=1S/C19H21N5O2/c1-14(10-15-4-2-6-17(25)11-15)21-19(26)22-18-7-9-24(23-18)13-16-5-3-8-20-12-16/h2-9,11-12,14,25H,10,13H2,1H3,(H2,21,22,23,26). The number of pyridine rings is 1. The van der Waals surface area contributed by atoms with Crippen LogP contribution < -0.4 is 10.6 Å². The van der Waals surface area contributed by atoms with Crippen LogP contribution in [0.3, 0.4) is 0 Å². The maximum absolute atomic E-state index is 12.1. The third kappa shape index (κ3) is 5.07. The molecule has 7 nitrogen and oxygen atoms in total. The average molecular weight is 351 g/mol. The lowest BCUT2D eigenvalue weighted by atomic mass is 10.1. The summed E-state index contributed by atoms with van der Waals surface area (Å²) in [7, 11) is 0. The van der Waals surface area contributed by atoms with E-state index < -0.39 is 0 Å². The van der Waals surface area contributed by atoms with E-state index >= 15 is 0 Å². The third-order valence-corrected chi connectivity index (χ3v) is 3.78. The van der Waals surface area contributed by atoms with Gasteiger partial charge in [-0.1, -0.05) is 18.2 Å². The minimum Gasteiger partial charge on any atom is -0.508 e. The third-order valence-electron chi connectivity index (χ3n) is 3.78. The number of hydrogen-bond acceptors (Lipinski definition) is 4. The minimum atomic E-state index is -0.315. The molecule has 0 fully saturated rings. The molecule has 0 spiro atoms. The number of aromatic hydroxyl groups is 1. The number of urea groups is 1. The summed E-state index contributed by atoms with van der Waals surface area (Å²) in [5.74, 6) is 0.703. The second-order valence-electron chi connectivity index (χ2n) is 6.13. The molecule has 1 aromatic carbocycles. The predicted molar refractivity (Wildman–Crippen MR) is 99.0 cm³/mol. The van der Waals surface area contributed by atoms with Gasteiger partial charge in [0.25, 0.3) is 0 Å². The number of rotatable bonds is 6. The van der Waals surface area contributed by atoms with Gasteiger partial charge in [0.1, 0.15) is 5.75 Å². The van der Waals surface area contributed by atoms with Crippen molar-refractivity contribution in [3.05, 3.63) is 72.2 Å². The highest BCUT2D eigenvalue weighted by Gasteiger charge is 2.10. The van der Waals surface area contributed by atoms with Gasteiger partial charge >= 0.3 is 6.03 Å². The van der Waals surface area contributed by atoms with Gasteiger partial charge in [-0.25, -0.2) is 4.79 Å². The molecule has 3 aromatic rings. The lowest BCUT2D eigenvalue weighted by molar-refractivity contribution is 0.249. The van der Waals surface area contributed by atoms with Crippen molar-refractivity contribution in [1.29, 1.82) is 0 Å². The Hall–Kier alpha value is -3.35. The van der Waals surface area contributed by atoms with E-state index in [0.29, 0.717) is 18.8 Å². The van der Waals surface area contributed by atoms with Crippen LogP contribution in [0.1, 0.15) is 18.1 Å². The molecule has 0 aliphatic rings. The van der Waals surface area contributed by atoms with Gasteiger partial charge in [0, 0.05) is 30.7 Å². The van der Waals surface area contributed by atoms with Crippen molar-refractivity contribution in [3.63, 3.8) is 0 Å². The molecule has 0 saturated carbocycles. The Labute approximate surface area is 151 Å². The fraction of sp³-hybridized carbons (Fsp3) is 0.211. The van der Waals surface area contributed by atoms with Crippen LogP contribution in [0, 0.1) is 0 Å². The summed E-state index contributed by atoms with van der Waals surface area (Å²) < 4.78 is 1.74. The van der Waals surface area contributed by atoms with Gasteiger partial charge in [0.15, 0.2) is 5.82 Å². The Bertz CT molecular complexity index is 863. The average Bonchev–Trinajstić information content (AvgIpc) is 3.02. The van der Waals surface area contributed by atoms with Crippen molar-refractivity contribution in [2.75, 3.05) is 5.32 Å². The highest BCUT2D eigenvalue weighted by atomic mass is 16.3. The van der Waals surface area contributed by atoms with E-state index in [9.17, 15) is 9.90 Å². The van der Waals surface area contributed by atoms with Crippen LogP contribution in [-0.4, -0.2) is 31.9 Å². The van der Waals surface area contributed by atoms with Gasteiger partial charge in [-0.05, 0) is 42.7 Å². The van der Waals surface area contributed by atoms with Crippen molar-refractivity contribution < 1.29 is 9.90 Å². The number of phenolic OH excluding ortho intramolecular Hbond substituents is 1. The van der Waals surface area contributed by atoms with Crippen molar-refractivity contribution in [2.24, 2.45) is 0 Å². The molecule has 0 aliphatic carbocycles. The van der Waals surface area contributed by atoms with Gasteiger partial charge in [-0.15, -0.1) is 0 Å². The molecule has 134 valence electrons. The topological polar surface area (TPSA) is 92.1 Å². The second kappa shape index (κ2) is 8.15. The molecular formula is C19H21N5O2. The molecule has 1 atom stereocenters. The summed E-state index contributed by atoms with van der Waals surface area (Å²) in [6, 6.07) is 12.2. The highest BCUT2D eigenvalue weighted by Crippen LogP contribution is 2.12. The lowest BCUT2D eigenvalue weighted by Crippen LogP contribution is -2.37. The molecule has 0 radical (unpaired) electrons. The lowest BCUT2D eigenvalue weighted by Gasteiger charge is -2.14. The van der Waals surface area contributed by atoms with Gasteiger partial charge in [-0.2, -0.15) is 5.10 Å². The summed E-state index contributed by atoms with van der Waals surface area (Å²) in [6.45, 7) is 2.50. The van der Waals surface area contributed by atoms with Crippen LogP contribution in [0.4, 0.5) is 10.6 Å². The molecule has 7 heteroatoms. The molecule has 3 N–H and O–H groups in total. The number of amides is 2. The number of phenols is 1. The van der Waals surface area contributed by atoms with E-state index in [4.69, 9.17) is 0 Å². The fourth-order valence-electron chi connectivity index (χ4n) is 2.66. The summed E-state index contributed by atoms with van der Waals surface area (Å²) >= 11 is 0. The van der Waals surface area contributed by atoms with Crippen LogP contribution >= 0.6 is 0 Å². The van der Waals surface area contributed by atoms with E-state index in [2.05, 4.69) is 20.7 Å². The summed E-state index contributed by atoms with van der Waals surface area (Å²) in [5, 5.41) is 19.4. The molecular weight excluding hydrogens is 330 g/mol. The van der Waals surface area contributed by atoms with Crippen molar-refractivity contribution >= 4 is 11.8 Å². The first-order valence-corrected chi connectivity index (χ1v) is 8.36. The normalized spacial score (nSPS) is 11.7. The number of benzene rings is 1. The summed E-state index contributed by atoms with van der Waals surface area (Å²) in [4.78, 5) is 16.2. The Kier molecular flexibility index (Phi) is 5.48. The van der Waals surface area contributed by atoms with Crippen LogP contribution in [0.15, 0.2) is 61.1 Å². The summed E-state index contributed by atoms with van der Waals surface area (Å²) in [6.07, 6.45) is 5.93. The van der Waals surface area contributed by atoms with E-state index in [1.165, 1.54) is 0 Å². The molecule has 1 unspecified atom stereocenters. The van der Waals surface area contributed by atoms with Crippen molar-refractivity contribution in [3.8, 4) is 5.75 Å². The minimum absolute atomic E-state index is 0.0886. The molecule has 2 amide bonds. The predicted octanol–water partition coefficient (Wildman–Crippen LogP) is 2.78. The van der Waals surface area contributed by atoms with E-state index in [1.54, 1.807) is 47.5 Å². The van der Waals surface area contributed by atoms with E-state index in [1.807, 2.05) is 25.1 Å². The fourth-order valence-corrected chi connectivity index (χ4v) is 2.66. The molecule has 3 rings (SSSR count). The highest BCUT2D eigenvalue weighted by molar-refractivity contribution is 5.88. The van der Waals surface area contributed by atoms with Gasteiger partial charge in [0.05, 0.1) is 6.54 Å². The number of nitrogens with one attached hydrogen (secondary N) is 2. The van der Waals surface area contributed by atoms with Crippen LogP contribution in [0.25, 0.3) is 0 Å². The first-order valence-electron chi connectivity index (χ1n) is 8.36. The Morgan fingerprint density at radius 1 is 1.23 bits per heavy atom. The van der Waals surface area contributed by atoms with Crippen molar-refractivity contribution in [2.45, 2.75) is 25.9 Å². The number of carbonyl (C=O) groups excluding carboxylic acids is 1. The maximum Gasteiger partial charge on any atom is 0.320 e. The summed E-state index contributed by atoms with van der Waals surface area (Å²) in [5.41, 5.74) is 1.99. The number of nitrogens with zero attached hydrogens (tertiary/aromatic N) is 3. The molecule has 2 heterocycles. The SMILES string of the molecule is CC(Cc1cccc(O)c1)NC(=O)Nc1ccn(Cc2cccnc2)n1. The van der Waals surface area contributed by atoms with E-state index in [0.717, 1.165) is 11.1 Å². The largest absolute Gasteiger partial charge is 0.508 e. The Morgan fingerprint density at radius 2 is 2.08 bits per heavy atom. The zero-order chi connectivity index (χ0) is 18.4. The quantitative estimate of drug-likeness (QED) is 0.637. The van der Waals surface area contributed by atoms with Crippen molar-refractivity contribution in [1.82, 2.24) is 20.1 Å². The van der Waals surface area contributed by atoms with E-state index in [-0.39, 0.29) is 17.8 Å². The molecule has 2 aromatic heterocycles. The zero-order valence-corrected chi connectivity index (χ0v) is 14.5.